The van der Waals surface area contributed by atoms with Gasteiger partial charge >= 0.3 is 12.1 Å². The van der Waals surface area contributed by atoms with Crippen molar-refractivity contribution in [3.63, 3.8) is 0 Å². The number of carbonyl (C=O) groups excluding carboxylic acids is 2. The minimum absolute atomic E-state index is 0.0911. The van der Waals surface area contributed by atoms with E-state index in [2.05, 4.69) is 0 Å². The lowest BCUT2D eigenvalue weighted by atomic mass is 9.93. The normalized spacial score (nSPS) is 17.2. The van der Waals surface area contributed by atoms with E-state index in [0.717, 1.165) is 11.1 Å². The first-order valence-corrected chi connectivity index (χ1v) is 8.28. The first kappa shape index (κ1) is 19.2. The monoisotopic (exact) mass is 414 g/mol. The number of hydrogen-bond acceptors (Lipinski definition) is 5. The largest absolute Gasteiger partial charge is 0.467 e. The van der Waals surface area contributed by atoms with Gasteiger partial charge in [-0.25, -0.2) is 9.59 Å². The van der Waals surface area contributed by atoms with Crippen molar-refractivity contribution in [3.05, 3.63) is 28.3 Å². The molecule has 132 valence electrons. The van der Waals surface area contributed by atoms with Gasteiger partial charge in [0.15, 0.2) is 0 Å². The molecular formula is C14H14Cl4N2O4. The highest BCUT2D eigenvalue weighted by atomic mass is 35.6. The smallest absolute Gasteiger partial charge is 0.410 e. The van der Waals surface area contributed by atoms with Crippen molar-refractivity contribution >= 4 is 64.2 Å². The zero-order valence-electron chi connectivity index (χ0n) is 12.5. The van der Waals surface area contributed by atoms with Gasteiger partial charge in [0.25, 0.3) is 0 Å². The highest BCUT2D eigenvalue weighted by Crippen LogP contribution is 2.31. The van der Waals surface area contributed by atoms with Gasteiger partial charge in [-0.1, -0.05) is 46.4 Å². The predicted octanol–water partition coefficient (Wildman–Crippen LogP) is 3.33. The molecule has 1 unspecified atom stereocenters. The summed E-state index contributed by atoms with van der Waals surface area (Å²) in [6.07, 6.45) is -0.581. The molecule has 1 atom stereocenters. The third-order valence-corrected chi connectivity index (χ3v) is 4.17. The van der Waals surface area contributed by atoms with Gasteiger partial charge in [0.2, 0.25) is 3.79 Å². The lowest BCUT2D eigenvalue weighted by Crippen LogP contribution is -2.49. The van der Waals surface area contributed by atoms with Crippen molar-refractivity contribution in [1.82, 2.24) is 4.90 Å². The molecule has 10 heteroatoms. The average Bonchev–Trinajstić information content (AvgIpc) is 2.51. The number of nitrogens with two attached hydrogens (primary N) is 1. The van der Waals surface area contributed by atoms with Crippen LogP contribution in [0.2, 0.25) is 5.02 Å². The number of carbonyl (C=O) groups is 2. The Bertz CT molecular complexity index is 663. The van der Waals surface area contributed by atoms with Gasteiger partial charge in [0, 0.05) is 6.42 Å². The summed E-state index contributed by atoms with van der Waals surface area (Å²) in [4.78, 5) is 25.5. The number of esters is 1. The van der Waals surface area contributed by atoms with Crippen molar-refractivity contribution in [1.29, 1.82) is 0 Å². The van der Waals surface area contributed by atoms with Crippen LogP contribution in [0.4, 0.5) is 10.5 Å². The minimum Gasteiger partial charge on any atom is -0.467 e. The summed E-state index contributed by atoms with van der Waals surface area (Å²) in [7, 11) is 1.24. The second kappa shape index (κ2) is 7.44. The molecule has 1 aliphatic rings. The van der Waals surface area contributed by atoms with Crippen LogP contribution in [0, 0.1) is 0 Å². The lowest BCUT2D eigenvalue weighted by Gasteiger charge is -2.34. The molecule has 2 N–H and O–H groups in total. The minimum atomic E-state index is -1.75. The van der Waals surface area contributed by atoms with E-state index in [0.29, 0.717) is 10.7 Å². The maximum atomic E-state index is 12.3. The molecule has 2 rings (SSSR count). The number of nitrogens with zero attached hydrogens (tertiary/aromatic N) is 1. The van der Waals surface area contributed by atoms with Gasteiger partial charge in [0.05, 0.1) is 24.4 Å². The van der Waals surface area contributed by atoms with Gasteiger partial charge in [-0.15, -0.1) is 0 Å². The Balaban J connectivity index is 2.28. The van der Waals surface area contributed by atoms with Crippen LogP contribution in [-0.2, 0) is 27.2 Å². The van der Waals surface area contributed by atoms with Crippen LogP contribution in [0.1, 0.15) is 11.1 Å². The van der Waals surface area contributed by atoms with E-state index in [-0.39, 0.29) is 13.0 Å². The standard InChI is InChI=1S/C14H14Cl4N2O4/c1-23-12(21)11-4-7-3-10(19)9(15)2-8(7)5-20(11)13(22)24-6-14(16,17)18/h2-3,11H,4-6,19H2,1H3. The quantitative estimate of drug-likeness (QED) is 0.455. The molecule has 0 radical (unpaired) electrons. The Kier molecular flexibility index (Phi) is 5.96. The maximum Gasteiger partial charge on any atom is 0.410 e. The third-order valence-electron chi connectivity index (χ3n) is 3.52. The second-order valence-electron chi connectivity index (χ2n) is 5.18. The third kappa shape index (κ3) is 4.51. The topological polar surface area (TPSA) is 81.9 Å². The van der Waals surface area contributed by atoms with E-state index in [1.165, 1.54) is 12.0 Å². The van der Waals surface area contributed by atoms with Crippen molar-refractivity contribution < 1.29 is 19.1 Å². The Morgan fingerprint density at radius 2 is 2.00 bits per heavy atom. The van der Waals surface area contributed by atoms with Gasteiger partial charge in [-0.2, -0.15) is 0 Å². The number of rotatable bonds is 2. The van der Waals surface area contributed by atoms with Crippen molar-refractivity contribution in [3.8, 4) is 0 Å². The van der Waals surface area contributed by atoms with Crippen LogP contribution in [0.15, 0.2) is 12.1 Å². The fraction of sp³-hybridized carbons (Fsp3) is 0.429. The first-order chi connectivity index (χ1) is 11.1. The molecule has 0 fully saturated rings. The molecule has 0 saturated carbocycles. The molecule has 24 heavy (non-hydrogen) atoms. The highest BCUT2D eigenvalue weighted by Gasteiger charge is 2.37. The average molecular weight is 416 g/mol. The van der Waals surface area contributed by atoms with Crippen LogP contribution >= 0.6 is 46.4 Å². The number of methoxy groups -OCH3 is 1. The number of hydrogen-bond donors (Lipinski definition) is 1. The van der Waals surface area contributed by atoms with Gasteiger partial charge in [0.1, 0.15) is 12.6 Å². The van der Waals surface area contributed by atoms with Crippen LogP contribution in [-0.4, -0.2) is 40.5 Å². The second-order valence-corrected chi connectivity index (χ2v) is 8.11. The van der Waals surface area contributed by atoms with E-state index in [1.807, 2.05) is 0 Å². The Hall–Kier alpha value is -1.08. The van der Waals surface area contributed by atoms with Crippen LogP contribution in [0.3, 0.4) is 0 Å². The number of benzene rings is 1. The number of nitrogen functional groups attached to an aromatic ring is 1. The molecule has 0 spiro atoms. The molecule has 0 aliphatic carbocycles. The lowest BCUT2D eigenvalue weighted by molar-refractivity contribution is -0.147. The van der Waals surface area contributed by atoms with Crippen molar-refractivity contribution in [2.75, 3.05) is 19.5 Å². The van der Waals surface area contributed by atoms with Gasteiger partial charge < -0.3 is 15.2 Å². The van der Waals surface area contributed by atoms with Crippen LogP contribution < -0.4 is 5.73 Å². The first-order valence-electron chi connectivity index (χ1n) is 6.77. The number of anilines is 1. The van der Waals surface area contributed by atoms with E-state index >= 15 is 0 Å². The zero-order chi connectivity index (χ0) is 18.1. The summed E-state index contributed by atoms with van der Waals surface area (Å²) >= 11 is 22.7. The summed E-state index contributed by atoms with van der Waals surface area (Å²) in [5.41, 5.74) is 7.74. The summed E-state index contributed by atoms with van der Waals surface area (Å²) in [6, 6.07) is 2.46. The Morgan fingerprint density at radius 1 is 1.33 bits per heavy atom. The fourth-order valence-electron chi connectivity index (χ4n) is 2.39. The van der Waals surface area contributed by atoms with E-state index < -0.39 is 28.5 Å². The number of fused-ring (bicyclic) bond motifs is 1. The van der Waals surface area contributed by atoms with E-state index in [9.17, 15) is 9.59 Å². The predicted molar refractivity (Wildman–Crippen MR) is 92.6 cm³/mol. The molecule has 0 saturated heterocycles. The van der Waals surface area contributed by atoms with Gasteiger partial charge in [-0.3, -0.25) is 4.90 Å². The molecule has 1 aromatic rings. The molecular weight excluding hydrogens is 402 g/mol. The van der Waals surface area contributed by atoms with E-state index in [4.69, 9.17) is 61.6 Å². The van der Waals surface area contributed by atoms with Crippen molar-refractivity contribution in [2.24, 2.45) is 0 Å². The highest BCUT2D eigenvalue weighted by molar-refractivity contribution is 6.67. The molecule has 1 amide bonds. The maximum absolute atomic E-state index is 12.3. The van der Waals surface area contributed by atoms with E-state index in [1.54, 1.807) is 12.1 Å². The zero-order valence-corrected chi connectivity index (χ0v) is 15.5. The molecule has 1 aromatic carbocycles. The molecule has 1 heterocycles. The van der Waals surface area contributed by atoms with Gasteiger partial charge in [-0.05, 0) is 23.3 Å². The summed E-state index contributed by atoms with van der Waals surface area (Å²) in [5.74, 6) is -0.583. The Morgan fingerprint density at radius 3 is 2.58 bits per heavy atom. The fourth-order valence-corrected chi connectivity index (χ4v) is 2.74. The molecule has 0 bridgehead atoms. The van der Waals surface area contributed by atoms with Crippen LogP contribution in [0.5, 0.6) is 0 Å². The Labute approximate surface area is 158 Å². The SMILES string of the molecule is COC(=O)C1Cc2cc(N)c(Cl)cc2CN1C(=O)OCC(Cl)(Cl)Cl. The van der Waals surface area contributed by atoms with Crippen LogP contribution in [0.25, 0.3) is 0 Å². The number of amides is 1. The summed E-state index contributed by atoms with van der Waals surface area (Å²) < 4.78 is 7.98. The molecule has 1 aliphatic heterocycles. The number of halogens is 4. The van der Waals surface area contributed by atoms with Crippen molar-refractivity contribution in [2.45, 2.75) is 22.8 Å². The molecule has 0 aromatic heterocycles. The number of ether oxygens (including phenoxy) is 2. The number of alkyl halides is 3. The molecule has 6 nitrogen and oxygen atoms in total. The summed E-state index contributed by atoms with van der Waals surface area (Å²) in [5, 5.41) is 0.361. The summed E-state index contributed by atoms with van der Waals surface area (Å²) in [6.45, 7) is -0.357.